The topological polar surface area (TPSA) is 58.0 Å². The Morgan fingerprint density at radius 1 is 0.900 bits per heavy atom. The Labute approximate surface area is 242 Å². The minimum atomic E-state index is -0.0464. The number of ether oxygens (including phenoxy) is 2. The molecule has 8 nitrogen and oxygen atoms in total. The van der Waals surface area contributed by atoms with E-state index in [2.05, 4.69) is 80.9 Å². The van der Waals surface area contributed by atoms with Gasteiger partial charge < -0.3 is 29.2 Å². The molecular formula is C31H40N6O2S. The molecule has 2 atom stereocenters. The molecule has 0 saturated carbocycles. The summed E-state index contributed by atoms with van der Waals surface area (Å²) in [5.41, 5.74) is 7.20. The van der Waals surface area contributed by atoms with Crippen molar-refractivity contribution in [3.05, 3.63) is 77.4 Å². The van der Waals surface area contributed by atoms with Crippen molar-refractivity contribution in [2.75, 3.05) is 69.0 Å². The zero-order valence-electron chi connectivity index (χ0n) is 23.6. The van der Waals surface area contributed by atoms with E-state index in [1.165, 1.54) is 22.6 Å². The monoisotopic (exact) mass is 560 g/mol. The molecule has 6 rings (SSSR count). The number of thiocarbonyl (C=S) groups is 1. The van der Waals surface area contributed by atoms with Crippen LogP contribution >= 0.6 is 12.2 Å². The summed E-state index contributed by atoms with van der Waals surface area (Å²) in [6.45, 7) is 13.7. The van der Waals surface area contributed by atoms with Gasteiger partial charge in [-0.1, -0.05) is 6.07 Å². The number of hydrogen-bond acceptors (Lipinski definition) is 6. The van der Waals surface area contributed by atoms with E-state index < -0.39 is 0 Å². The molecule has 3 fully saturated rings. The first-order valence-corrected chi connectivity index (χ1v) is 14.9. The molecular weight excluding hydrogens is 520 g/mol. The number of morpholine rings is 2. The lowest BCUT2D eigenvalue weighted by Gasteiger charge is -2.31. The van der Waals surface area contributed by atoms with Crippen LogP contribution < -0.4 is 15.1 Å². The maximum Gasteiger partial charge on any atom is 0.174 e. The Bertz CT molecular complexity index is 1290. The summed E-state index contributed by atoms with van der Waals surface area (Å²) in [5.74, 6) is 0. The van der Waals surface area contributed by atoms with E-state index in [0.29, 0.717) is 0 Å². The molecule has 3 aliphatic rings. The highest BCUT2D eigenvalue weighted by Gasteiger charge is 2.42. The summed E-state index contributed by atoms with van der Waals surface area (Å²) in [5, 5.41) is 4.36. The van der Waals surface area contributed by atoms with E-state index >= 15 is 0 Å². The summed E-state index contributed by atoms with van der Waals surface area (Å²) in [6.07, 6.45) is 2.99. The van der Waals surface area contributed by atoms with Gasteiger partial charge in [-0.05, 0) is 80.5 Å². The molecule has 0 bridgehead atoms. The zero-order valence-corrected chi connectivity index (χ0v) is 24.4. The molecule has 0 spiro atoms. The number of anilines is 2. The van der Waals surface area contributed by atoms with Gasteiger partial charge in [0.2, 0.25) is 0 Å². The summed E-state index contributed by atoms with van der Waals surface area (Å²) >= 11 is 6.00. The Hall–Kier alpha value is -2.98. The molecule has 0 aliphatic carbocycles. The number of nitrogens with zero attached hydrogens (tertiary/aromatic N) is 5. The van der Waals surface area contributed by atoms with Crippen molar-refractivity contribution in [3.63, 3.8) is 0 Å². The second-order valence-corrected chi connectivity index (χ2v) is 11.3. The largest absolute Gasteiger partial charge is 0.379 e. The van der Waals surface area contributed by atoms with Crippen LogP contribution in [0.3, 0.4) is 0 Å². The van der Waals surface area contributed by atoms with Gasteiger partial charge >= 0.3 is 0 Å². The molecule has 0 radical (unpaired) electrons. The summed E-state index contributed by atoms with van der Waals surface area (Å²) in [4.78, 5) is 11.9. The normalized spacial score (nSPS) is 22.1. The van der Waals surface area contributed by atoms with Gasteiger partial charge in [0.05, 0.1) is 44.2 Å². The van der Waals surface area contributed by atoms with Crippen molar-refractivity contribution in [3.8, 4) is 0 Å². The molecule has 3 aliphatic heterocycles. The van der Waals surface area contributed by atoms with Gasteiger partial charge in [0.25, 0.3) is 0 Å². The number of rotatable bonds is 8. The van der Waals surface area contributed by atoms with Crippen LogP contribution in [0.2, 0.25) is 0 Å². The predicted molar refractivity (Wildman–Crippen MR) is 163 cm³/mol. The highest BCUT2D eigenvalue weighted by Crippen LogP contribution is 2.43. The van der Waals surface area contributed by atoms with E-state index in [-0.39, 0.29) is 12.1 Å². The Morgan fingerprint density at radius 2 is 1.60 bits per heavy atom. The van der Waals surface area contributed by atoms with Gasteiger partial charge in [-0.2, -0.15) is 0 Å². The zero-order chi connectivity index (χ0) is 27.5. The summed E-state index contributed by atoms with van der Waals surface area (Å²) < 4.78 is 13.5. The predicted octanol–water partition coefficient (Wildman–Crippen LogP) is 4.24. The molecule has 1 N–H and O–H groups in total. The second kappa shape index (κ2) is 12.3. The number of aryl methyl sites for hydroxylation is 1. The van der Waals surface area contributed by atoms with Crippen molar-refractivity contribution in [1.82, 2.24) is 19.8 Å². The quantitative estimate of drug-likeness (QED) is 0.411. The maximum atomic E-state index is 6.00. The van der Waals surface area contributed by atoms with Gasteiger partial charge in [0.1, 0.15) is 0 Å². The molecule has 40 heavy (non-hydrogen) atoms. The minimum absolute atomic E-state index is 0.00386. The van der Waals surface area contributed by atoms with Crippen LogP contribution in [0, 0.1) is 13.8 Å². The average Bonchev–Trinajstić information content (AvgIpc) is 3.49. The summed E-state index contributed by atoms with van der Waals surface area (Å²) in [7, 11) is 0. The van der Waals surface area contributed by atoms with Crippen LogP contribution in [-0.4, -0.2) is 78.7 Å². The van der Waals surface area contributed by atoms with Gasteiger partial charge in [0.15, 0.2) is 5.11 Å². The fraction of sp³-hybridized carbons (Fsp3) is 0.484. The van der Waals surface area contributed by atoms with E-state index in [4.69, 9.17) is 26.7 Å². The van der Waals surface area contributed by atoms with Gasteiger partial charge in [-0.15, -0.1) is 0 Å². The molecule has 3 saturated heterocycles. The second-order valence-electron chi connectivity index (χ2n) is 10.9. The number of aromatic nitrogens is 2. The van der Waals surface area contributed by atoms with Gasteiger partial charge in [-0.3, -0.25) is 9.88 Å². The van der Waals surface area contributed by atoms with Gasteiger partial charge in [0, 0.05) is 68.2 Å². The first-order chi connectivity index (χ1) is 19.6. The average molecular weight is 561 g/mol. The molecule has 1 aromatic carbocycles. The lowest BCUT2D eigenvalue weighted by Crippen LogP contribution is -2.37. The van der Waals surface area contributed by atoms with Crippen molar-refractivity contribution in [2.24, 2.45) is 0 Å². The highest BCUT2D eigenvalue weighted by atomic mass is 32.1. The van der Waals surface area contributed by atoms with Crippen LogP contribution in [0.1, 0.15) is 41.1 Å². The van der Waals surface area contributed by atoms with Crippen molar-refractivity contribution >= 4 is 28.7 Å². The van der Waals surface area contributed by atoms with E-state index in [0.717, 1.165) is 88.6 Å². The van der Waals surface area contributed by atoms with Crippen LogP contribution in [0.15, 0.2) is 54.7 Å². The van der Waals surface area contributed by atoms with E-state index in [1.807, 2.05) is 12.3 Å². The van der Waals surface area contributed by atoms with Crippen molar-refractivity contribution in [2.45, 2.75) is 38.9 Å². The maximum absolute atomic E-state index is 6.00. The molecule has 0 amide bonds. The summed E-state index contributed by atoms with van der Waals surface area (Å²) in [6, 6.07) is 17.3. The first-order valence-electron chi connectivity index (χ1n) is 14.5. The third-order valence-electron chi connectivity index (χ3n) is 8.49. The third kappa shape index (κ3) is 5.61. The molecule has 3 aromatic rings. The van der Waals surface area contributed by atoms with Crippen molar-refractivity contribution < 1.29 is 9.47 Å². The van der Waals surface area contributed by atoms with Crippen LogP contribution in [0.5, 0.6) is 0 Å². The molecule has 2 aromatic heterocycles. The fourth-order valence-electron chi connectivity index (χ4n) is 6.34. The number of hydrogen-bond donors (Lipinski definition) is 1. The first kappa shape index (κ1) is 27.2. The Balaban J connectivity index is 1.29. The van der Waals surface area contributed by atoms with Crippen molar-refractivity contribution in [1.29, 1.82) is 0 Å². The fourth-order valence-corrected chi connectivity index (χ4v) is 6.69. The highest BCUT2D eigenvalue weighted by molar-refractivity contribution is 7.80. The minimum Gasteiger partial charge on any atom is -0.379 e. The molecule has 5 heterocycles. The number of nitrogens with one attached hydrogen (secondary N) is 1. The molecule has 212 valence electrons. The molecule has 2 unspecified atom stereocenters. The lowest BCUT2D eigenvalue weighted by atomic mass is 9.96. The Kier molecular flexibility index (Phi) is 8.34. The van der Waals surface area contributed by atoms with Gasteiger partial charge in [-0.25, -0.2) is 0 Å². The smallest absolute Gasteiger partial charge is 0.174 e. The number of pyridine rings is 1. The van der Waals surface area contributed by atoms with E-state index in [1.54, 1.807) is 0 Å². The lowest BCUT2D eigenvalue weighted by molar-refractivity contribution is 0.0369. The van der Waals surface area contributed by atoms with E-state index in [9.17, 15) is 0 Å². The van der Waals surface area contributed by atoms with Crippen LogP contribution in [-0.2, 0) is 16.0 Å². The number of benzene rings is 1. The van der Waals surface area contributed by atoms with Crippen LogP contribution in [0.25, 0.3) is 0 Å². The third-order valence-corrected chi connectivity index (χ3v) is 8.81. The van der Waals surface area contributed by atoms with Crippen LogP contribution in [0.4, 0.5) is 11.4 Å². The standard InChI is InChI=1S/C31H40N6O2S/c1-23-22-27(24(2)36(23)13-5-12-34-14-18-38-19-15-34)30-29(28-6-3-4-11-32-28)33-31(40)37(30)26-9-7-25(8-10-26)35-16-20-39-21-17-35/h3-4,6-11,22,29-30H,5,12-21H2,1-2H3,(H,33,40). The SMILES string of the molecule is Cc1cc(C2C(c3ccccn3)NC(=S)N2c2ccc(N3CCOCC3)cc2)c(C)n1CCCN1CCOCC1. The molecule has 9 heteroatoms. The Morgan fingerprint density at radius 3 is 2.30 bits per heavy atom.